The molecule has 0 atom stereocenters. The summed E-state index contributed by atoms with van der Waals surface area (Å²) in [6.07, 6.45) is 0. The van der Waals surface area contributed by atoms with Crippen molar-refractivity contribution in [2.75, 3.05) is 0 Å². The third-order valence-electron chi connectivity index (χ3n) is 25.6. The molecule has 15 heteroatoms. The van der Waals surface area contributed by atoms with E-state index in [9.17, 15) is 0 Å². The zero-order valence-electron chi connectivity index (χ0n) is 71.7. The second-order valence-corrected chi connectivity index (χ2v) is 33.4. The van der Waals surface area contributed by atoms with Crippen LogP contribution in [0.3, 0.4) is 0 Å². The summed E-state index contributed by atoms with van der Waals surface area (Å²) in [5.74, 6) is 5.39. The number of nitrogens with zero attached hydrogens (tertiary/aromatic N) is 12. The van der Waals surface area contributed by atoms with Crippen LogP contribution in [0.1, 0.15) is 0 Å². The fourth-order valence-corrected chi connectivity index (χ4v) is 19.4. The number of hydrogen-bond donors (Lipinski definition) is 0. The highest BCUT2D eigenvalue weighted by atomic mass is 16.3. The largest absolute Gasteiger partial charge is 0.456 e. The second kappa shape index (κ2) is 31.8. The van der Waals surface area contributed by atoms with E-state index in [1.54, 1.807) is 0 Å². The number of hydrogen-bond acceptors (Lipinski definition) is 12. The molecule has 0 spiro atoms. The van der Waals surface area contributed by atoms with Gasteiger partial charge in [-0.1, -0.05) is 346 Å². The van der Waals surface area contributed by atoms with E-state index in [2.05, 4.69) is 281 Å². The molecule has 9 heterocycles. The lowest BCUT2D eigenvalue weighted by atomic mass is 9.99. The summed E-state index contributed by atoms with van der Waals surface area (Å²) in [6.45, 7) is 0. The molecule has 0 fully saturated rings. The summed E-state index contributed by atoms with van der Waals surface area (Å²) in [5.41, 5.74) is 21.1. The van der Waals surface area contributed by atoms with Gasteiger partial charge in [-0.25, -0.2) is 15.0 Å². The monoisotopic (exact) mass is 1720 g/mol. The lowest BCUT2D eigenvalue weighted by Gasteiger charge is -2.12. The van der Waals surface area contributed by atoms with Gasteiger partial charge in [0.1, 0.15) is 33.5 Å². The Morgan fingerprint density at radius 2 is 0.373 bits per heavy atom. The molecular weight excluding hydrogens is 1650 g/mol. The van der Waals surface area contributed by atoms with Crippen molar-refractivity contribution in [2.45, 2.75) is 0 Å². The first kappa shape index (κ1) is 76.7. The van der Waals surface area contributed by atoms with Crippen molar-refractivity contribution in [3.63, 3.8) is 0 Å². The highest BCUT2D eigenvalue weighted by molar-refractivity contribution is 6.29. The fraction of sp³-hybridized carbons (Fsp3) is 0. The molecule has 15 nitrogen and oxygen atoms in total. The van der Waals surface area contributed by atoms with Crippen LogP contribution in [0.4, 0.5) is 0 Å². The average molecular weight is 1720 g/mol. The Morgan fingerprint density at radius 1 is 0.142 bits per heavy atom. The summed E-state index contributed by atoms with van der Waals surface area (Å²) < 4.78 is 26.1. The van der Waals surface area contributed by atoms with E-state index in [-0.39, 0.29) is 0 Å². The van der Waals surface area contributed by atoms with E-state index in [1.807, 2.05) is 170 Å². The van der Waals surface area contributed by atoms with Gasteiger partial charge >= 0.3 is 0 Å². The molecule has 9 aromatic heterocycles. The zero-order chi connectivity index (χ0) is 88.3. The fourth-order valence-electron chi connectivity index (χ4n) is 19.4. The van der Waals surface area contributed by atoms with E-state index in [0.29, 0.717) is 52.8 Å². The molecule has 0 unspecified atom stereocenters. The Morgan fingerprint density at radius 3 is 0.761 bits per heavy atom. The summed E-state index contributed by atoms with van der Waals surface area (Å²) in [6, 6.07) is 150. The summed E-state index contributed by atoms with van der Waals surface area (Å²) in [5, 5.41) is 17.8. The molecule has 0 saturated carbocycles. The van der Waals surface area contributed by atoms with E-state index >= 15 is 0 Å². The van der Waals surface area contributed by atoms with Gasteiger partial charge in [0, 0.05) is 65.7 Å². The predicted molar refractivity (Wildman–Crippen MR) is 543 cm³/mol. The van der Waals surface area contributed by atoms with Crippen LogP contribution in [-0.4, -0.2) is 58.6 Å². The van der Waals surface area contributed by atoms with Crippen LogP contribution in [0.25, 0.3) is 261 Å². The van der Waals surface area contributed by atoms with Crippen molar-refractivity contribution in [1.29, 1.82) is 0 Å². The van der Waals surface area contributed by atoms with Gasteiger partial charge in [0.25, 0.3) is 0 Å². The van der Waals surface area contributed by atoms with Gasteiger partial charge in [0.15, 0.2) is 34.9 Å². The van der Waals surface area contributed by atoms with Crippen LogP contribution >= 0.6 is 0 Å². The molecule has 0 aliphatic rings. The zero-order valence-corrected chi connectivity index (χ0v) is 71.7. The van der Waals surface area contributed by atoms with Crippen LogP contribution in [0.5, 0.6) is 0 Å². The van der Waals surface area contributed by atoms with Crippen LogP contribution < -0.4 is 0 Å². The van der Waals surface area contributed by atoms with Crippen molar-refractivity contribution >= 4 is 153 Å². The predicted octanol–water partition coefficient (Wildman–Crippen LogP) is 30.2. The van der Waals surface area contributed by atoms with Crippen LogP contribution in [0, 0.1) is 0 Å². The highest BCUT2D eigenvalue weighted by Gasteiger charge is 2.27. The molecule has 0 bridgehead atoms. The Hall–Kier alpha value is -18.5. The molecule has 0 amide bonds. The molecule has 19 aromatic carbocycles. The van der Waals surface area contributed by atoms with Gasteiger partial charge < -0.3 is 13.3 Å². The van der Waals surface area contributed by atoms with Gasteiger partial charge in [-0.2, -0.15) is 29.9 Å². The first-order valence-electron chi connectivity index (χ1n) is 44.6. The molecule has 0 saturated heterocycles. The molecule has 28 rings (SSSR count). The van der Waals surface area contributed by atoms with Crippen LogP contribution in [0.15, 0.2) is 450 Å². The minimum Gasteiger partial charge on any atom is -0.456 e. The molecule has 0 aliphatic carbocycles. The average Bonchev–Trinajstić information content (AvgIpc) is 1.57. The minimum atomic E-state index is 0.554. The van der Waals surface area contributed by atoms with Crippen molar-refractivity contribution in [2.24, 2.45) is 0 Å². The third-order valence-corrected chi connectivity index (χ3v) is 25.6. The maximum Gasteiger partial charge on any atom is 0.238 e. The van der Waals surface area contributed by atoms with E-state index < -0.39 is 0 Å². The number of fused-ring (bicyclic) bond motifs is 8. The second-order valence-electron chi connectivity index (χ2n) is 33.4. The first-order chi connectivity index (χ1) is 66.4. The SMILES string of the molecule is c1ccc(-c2ccc(-c3nc(-c4ccccc4)nc(-n4c5cccc6oc7ccccc7c7cccc4c7c65)n3)cc2)cc1.c1ccc(-c2nc(-c3ccc4ccccc4c3)nc(-n3c4cccc5oc6ccccc6c6cccc3c6c54)n2)cc1.c1ccc(-c2nc(-c3cccc(-c4ccc5ccccc5c4)c3)nc(-n3c4cccc5oc6ccccc6c6cccc3c6c54)n2)cc1. The highest BCUT2D eigenvalue weighted by Crippen LogP contribution is 2.46. The first-order valence-corrected chi connectivity index (χ1v) is 44.6. The molecule has 626 valence electrons. The minimum absolute atomic E-state index is 0.554. The molecule has 28 aromatic rings. The smallest absolute Gasteiger partial charge is 0.238 e. The topological polar surface area (TPSA) is 170 Å². The summed E-state index contributed by atoms with van der Waals surface area (Å²) in [7, 11) is 0. The van der Waals surface area contributed by atoms with Crippen molar-refractivity contribution in [1.82, 2.24) is 58.6 Å². The van der Waals surface area contributed by atoms with Crippen molar-refractivity contribution < 1.29 is 13.3 Å². The van der Waals surface area contributed by atoms with Gasteiger partial charge in [-0.3, -0.25) is 13.7 Å². The lowest BCUT2D eigenvalue weighted by Crippen LogP contribution is -2.06. The maximum atomic E-state index is 6.57. The number of aromatic nitrogens is 12. The van der Waals surface area contributed by atoms with E-state index in [1.165, 1.54) is 21.7 Å². The standard InChI is InChI=1S/C43H26N4O.C39H24N4O.C37H22N4O/c1-2-12-28(13-3-1)41-44-42(32-16-8-15-30(26-32)31-24-23-27-11-4-5-14-29(27)25-31)46-43(45-41)47-35-19-9-18-34-33-17-6-7-21-37(33)48-38-22-10-20-36(47)40(38)39(34)35;1-3-11-25(12-4-1)26-21-23-28(24-22-26)38-40-37(27-13-5-2-6-14-27)41-39(42-38)43-31-17-9-16-30-29-15-7-8-19-33(29)44-34-20-10-18-32(43)36(34)35(30)31;1-2-11-24(12-3-1)35-38-36(26-21-20-23-10-4-5-13-25(23)22-26)40-37(39-35)41-29-16-8-15-28-27-14-6-7-18-31(27)42-32-19-9-17-30(41)34(32)33(28)29/h1-26H;1-24H;1-22H. The molecule has 0 N–H and O–H groups in total. The summed E-state index contributed by atoms with van der Waals surface area (Å²) in [4.78, 5) is 45.8. The van der Waals surface area contributed by atoms with Crippen molar-refractivity contribution in [3.8, 4) is 108 Å². The van der Waals surface area contributed by atoms with Gasteiger partial charge in [-0.15, -0.1) is 0 Å². The van der Waals surface area contributed by atoms with Gasteiger partial charge in [0.2, 0.25) is 17.8 Å². The Kier molecular flexibility index (Phi) is 18.2. The number of para-hydroxylation sites is 3. The Balaban J connectivity index is 0.000000105. The molecule has 0 aliphatic heterocycles. The van der Waals surface area contributed by atoms with Gasteiger partial charge in [0.05, 0.1) is 49.3 Å². The molecular formula is C119H72N12O3. The quantitative estimate of drug-likeness (QED) is 0.120. The van der Waals surface area contributed by atoms with Gasteiger partial charge in [-0.05, 0) is 151 Å². The maximum absolute atomic E-state index is 6.57. The Bertz CT molecular complexity index is 9540. The normalized spacial score (nSPS) is 11.7. The number of benzene rings is 19. The Labute approximate surface area is 764 Å². The molecule has 0 radical (unpaired) electrons. The van der Waals surface area contributed by atoms with E-state index in [4.69, 9.17) is 58.1 Å². The van der Waals surface area contributed by atoms with E-state index in [0.717, 1.165) is 187 Å². The van der Waals surface area contributed by atoms with Crippen LogP contribution in [-0.2, 0) is 0 Å². The number of rotatable bonds is 11. The summed E-state index contributed by atoms with van der Waals surface area (Å²) >= 11 is 0. The van der Waals surface area contributed by atoms with Crippen molar-refractivity contribution in [3.05, 3.63) is 437 Å². The molecule has 134 heavy (non-hydrogen) atoms. The van der Waals surface area contributed by atoms with Crippen LogP contribution in [0.2, 0.25) is 0 Å². The third kappa shape index (κ3) is 13.2. The lowest BCUT2D eigenvalue weighted by molar-refractivity contribution is 0.663.